The number of rotatable bonds is 18. The van der Waals surface area contributed by atoms with Crippen LogP contribution in [0.3, 0.4) is 0 Å². The van der Waals surface area contributed by atoms with Crippen molar-refractivity contribution in [2.45, 2.75) is 123 Å². The fraction of sp³-hybridized carbons (Fsp3) is 0.870. The van der Waals surface area contributed by atoms with Gasteiger partial charge in [0.1, 0.15) is 12.2 Å². The van der Waals surface area contributed by atoms with Gasteiger partial charge in [0.25, 0.3) is 0 Å². The second-order valence-electron chi connectivity index (χ2n) is 7.73. The molecule has 0 saturated heterocycles. The van der Waals surface area contributed by atoms with E-state index < -0.39 is 12.2 Å². The first-order chi connectivity index (χ1) is 13.9. The van der Waals surface area contributed by atoms with Gasteiger partial charge in [0.2, 0.25) is 0 Å². The molecule has 0 N–H and O–H groups in total. The van der Waals surface area contributed by atoms with Crippen LogP contribution in [0.4, 0.5) is 0 Å². The van der Waals surface area contributed by atoms with E-state index in [9.17, 15) is 14.4 Å². The average Bonchev–Trinajstić information content (AvgIpc) is 2.67. The quantitative estimate of drug-likeness (QED) is 0.167. The van der Waals surface area contributed by atoms with Gasteiger partial charge in [-0.15, -0.1) is 0 Å². The van der Waals surface area contributed by atoms with Crippen molar-refractivity contribution < 1.29 is 28.6 Å². The predicted octanol–water partition coefficient (Wildman–Crippen LogP) is 5.50. The average molecular weight is 415 g/mol. The summed E-state index contributed by atoms with van der Waals surface area (Å²) >= 11 is 0. The van der Waals surface area contributed by atoms with Crippen LogP contribution < -0.4 is 0 Å². The topological polar surface area (TPSA) is 78.9 Å². The summed E-state index contributed by atoms with van der Waals surface area (Å²) < 4.78 is 15.6. The van der Waals surface area contributed by atoms with Crippen molar-refractivity contribution in [3.63, 3.8) is 0 Å². The van der Waals surface area contributed by atoms with Crippen molar-refractivity contribution >= 4 is 17.9 Å². The molecule has 29 heavy (non-hydrogen) atoms. The Balaban J connectivity index is 4.38. The SMILES string of the molecule is CCCCCCCCCCCC(OC(C)=O)C(CCCCC(=O)OC)OC(C)=O. The van der Waals surface area contributed by atoms with Crippen molar-refractivity contribution in [2.75, 3.05) is 7.11 Å². The summed E-state index contributed by atoms with van der Waals surface area (Å²) in [6.07, 6.45) is 13.0. The van der Waals surface area contributed by atoms with Crippen LogP contribution in [0.2, 0.25) is 0 Å². The Morgan fingerprint density at radius 3 is 1.48 bits per heavy atom. The summed E-state index contributed by atoms with van der Waals surface area (Å²) in [6, 6.07) is 0. The van der Waals surface area contributed by atoms with Crippen LogP contribution in [0.1, 0.15) is 111 Å². The van der Waals surface area contributed by atoms with Crippen LogP contribution >= 0.6 is 0 Å². The van der Waals surface area contributed by atoms with E-state index in [1.165, 1.54) is 65.9 Å². The zero-order valence-electron chi connectivity index (χ0n) is 19.0. The molecule has 6 nitrogen and oxygen atoms in total. The highest BCUT2D eigenvalue weighted by Crippen LogP contribution is 2.20. The molecule has 0 amide bonds. The second kappa shape index (κ2) is 18.4. The number of esters is 3. The highest BCUT2D eigenvalue weighted by atomic mass is 16.6. The lowest BCUT2D eigenvalue weighted by Crippen LogP contribution is -2.34. The largest absolute Gasteiger partial charge is 0.469 e. The molecule has 2 unspecified atom stereocenters. The molecule has 0 fully saturated rings. The molecule has 0 bridgehead atoms. The van der Waals surface area contributed by atoms with E-state index in [2.05, 4.69) is 11.7 Å². The summed E-state index contributed by atoms with van der Waals surface area (Å²) in [5.74, 6) is -0.995. The summed E-state index contributed by atoms with van der Waals surface area (Å²) in [4.78, 5) is 34.3. The third-order valence-electron chi connectivity index (χ3n) is 4.99. The normalized spacial score (nSPS) is 12.8. The van der Waals surface area contributed by atoms with Crippen molar-refractivity contribution in [3.8, 4) is 0 Å². The monoisotopic (exact) mass is 414 g/mol. The molecule has 0 radical (unpaired) electrons. The summed E-state index contributed by atoms with van der Waals surface area (Å²) in [5, 5.41) is 0. The maximum Gasteiger partial charge on any atom is 0.305 e. The van der Waals surface area contributed by atoms with Gasteiger partial charge in [0.05, 0.1) is 7.11 Å². The maximum atomic E-state index is 11.5. The van der Waals surface area contributed by atoms with Crippen LogP contribution in [-0.2, 0) is 28.6 Å². The predicted molar refractivity (Wildman–Crippen MR) is 113 cm³/mol. The lowest BCUT2D eigenvalue weighted by atomic mass is 9.99. The van der Waals surface area contributed by atoms with Crippen LogP contribution in [0.15, 0.2) is 0 Å². The smallest absolute Gasteiger partial charge is 0.305 e. The molecule has 2 atom stereocenters. The van der Waals surface area contributed by atoms with Crippen molar-refractivity contribution in [1.29, 1.82) is 0 Å². The fourth-order valence-corrected chi connectivity index (χ4v) is 3.44. The van der Waals surface area contributed by atoms with Gasteiger partial charge in [-0.3, -0.25) is 14.4 Å². The Morgan fingerprint density at radius 2 is 1.07 bits per heavy atom. The molecule has 6 heteroatoms. The zero-order chi connectivity index (χ0) is 21.9. The Bertz CT molecular complexity index is 449. The lowest BCUT2D eigenvalue weighted by molar-refractivity contribution is -0.166. The highest BCUT2D eigenvalue weighted by Gasteiger charge is 2.26. The van der Waals surface area contributed by atoms with E-state index in [1.54, 1.807) is 0 Å². The van der Waals surface area contributed by atoms with Gasteiger partial charge < -0.3 is 14.2 Å². The third kappa shape index (κ3) is 17.0. The number of methoxy groups -OCH3 is 1. The zero-order valence-corrected chi connectivity index (χ0v) is 19.0. The van der Waals surface area contributed by atoms with Crippen molar-refractivity contribution in [1.82, 2.24) is 0 Å². The maximum absolute atomic E-state index is 11.5. The molecule has 0 spiro atoms. The molecule has 170 valence electrons. The molecule has 0 aliphatic carbocycles. The third-order valence-corrected chi connectivity index (χ3v) is 4.99. The summed E-state index contributed by atoms with van der Waals surface area (Å²) in [5.41, 5.74) is 0. The van der Waals surface area contributed by atoms with E-state index in [-0.39, 0.29) is 17.9 Å². The molecule has 0 aliphatic rings. The van der Waals surface area contributed by atoms with Gasteiger partial charge in [0, 0.05) is 20.3 Å². The van der Waals surface area contributed by atoms with E-state index in [0.717, 1.165) is 12.8 Å². The van der Waals surface area contributed by atoms with Crippen LogP contribution in [-0.4, -0.2) is 37.2 Å². The summed E-state index contributed by atoms with van der Waals surface area (Å²) in [7, 11) is 1.37. The Morgan fingerprint density at radius 1 is 0.655 bits per heavy atom. The van der Waals surface area contributed by atoms with Gasteiger partial charge in [0.15, 0.2) is 0 Å². The first kappa shape index (κ1) is 27.4. The van der Waals surface area contributed by atoms with Crippen molar-refractivity contribution in [3.05, 3.63) is 0 Å². The Hall–Kier alpha value is -1.59. The first-order valence-electron chi connectivity index (χ1n) is 11.3. The van der Waals surface area contributed by atoms with Crippen LogP contribution in [0.5, 0.6) is 0 Å². The molecule has 0 aromatic rings. The molecule has 0 saturated carbocycles. The minimum absolute atomic E-state index is 0.250. The Kier molecular flexibility index (Phi) is 17.4. The number of hydrogen-bond donors (Lipinski definition) is 0. The van der Waals surface area contributed by atoms with Gasteiger partial charge in [-0.1, -0.05) is 58.3 Å². The molecule has 0 heterocycles. The molecular weight excluding hydrogens is 372 g/mol. The molecule has 0 aliphatic heterocycles. The molecule has 0 rings (SSSR count). The first-order valence-corrected chi connectivity index (χ1v) is 11.3. The van der Waals surface area contributed by atoms with Gasteiger partial charge in [-0.2, -0.15) is 0 Å². The van der Waals surface area contributed by atoms with Gasteiger partial charge in [-0.05, 0) is 32.1 Å². The molecule has 0 aromatic carbocycles. The minimum atomic E-state index is -0.469. The highest BCUT2D eigenvalue weighted by molar-refractivity contribution is 5.69. The summed E-state index contributed by atoms with van der Waals surface area (Å²) in [6.45, 7) is 4.97. The van der Waals surface area contributed by atoms with Gasteiger partial charge in [-0.25, -0.2) is 0 Å². The standard InChI is InChI=1S/C23H42O6/c1-5-6-7-8-9-10-11-12-13-16-21(28-19(2)24)22(29-20(3)25)17-14-15-18-23(26)27-4/h21-22H,5-18H2,1-4H3. The number of carbonyl (C=O) groups is 3. The number of unbranched alkanes of at least 4 members (excludes halogenated alkanes) is 9. The lowest BCUT2D eigenvalue weighted by Gasteiger charge is -2.26. The van der Waals surface area contributed by atoms with E-state index in [1.807, 2.05) is 0 Å². The minimum Gasteiger partial charge on any atom is -0.469 e. The van der Waals surface area contributed by atoms with Gasteiger partial charge >= 0.3 is 17.9 Å². The number of carbonyl (C=O) groups excluding carboxylic acids is 3. The van der Waals surface area contributed by atoms with E-state index >= 15 is 0 Å². The molecule has 0 aromatic heterocycles. The van der Waals surface area contributed by atoms with Crippen LogP contribution in [0.25, 0.3) is 0 Å². The fourth-order valence-electron chi connectivity index (χ4n) is 3.44. The second-order valence-corrected chi connectivity index (χ2v) is 7.73. The molecular formula is C23H42O6. The number of hydrogen-bond acceptors (Lipinski definition) is 6. The van der Waals surface area contributed by atoms with Crippen LogP contribution in [0, 0.1) is 0 Å². The number of ether oxygens (including phenoxy) is 3. The van der Waals surface area contributed by atoms with Crippen molar-refractivity contribution in [2.24, 2.45) is 0 Å². The van der Waals surface area contributed by atoms with E-state index in [4.69, 9.17) is 9.47 Å². The van der Waals surface area contributed by atoms with E-state index in [0.29, 0.717) is 32.1 Å². The Labute approximate surface area is 177 Å².